The SMILES string of the molecule is COc1c(C)ccc(NC2CCN(C(C)=O)CC2)c1C. The highest BCUT2D eigenvalue weighted by molar-refractivity contribution is 5.73. The molecular weight excluding hydrogens is 252 g/mol. The Labute approximate surface area is 121 Å². The lowest BCUT2D eigenvalue weighted by Crippen LogP contribution is -2.41. The topological polar surface area (TPSA) is 41.6 Å². The molecule has 0 aliphatic carbocycles. The maximum Gasteiger partial charge on any atom is 0.219 e. The summed E-state index contributed by atoms with van der Waals surface area (Å²) in [4.78, 5) is 13.2. The van der Waals surface area contributed by atoms with Crippen molar-refractivity contribution in [1.82, 2.24) is 4.90 Å². The molecule has 110 valence electrons. The van der Waals surface area contributed by atoms with E-state index in [1.165, 1.54) is 0 Å². The molecule has 0 unspecified atom stereocenters. The van der Waals surface area contributed by atoms with Crippen LogP contribution in [0, 0.1) is 13.8 Å². The summed E-state index contributed by atoms with van der Waals surface area (Å²) in [5, 5.41) is 3.59. The number of hydrogen-bond donors (Lipinski definition) is 1. The number of hydrogen-bond acceptors (Lipinski definition) is 3. The molecule has 1 aromatic carbocycles. The highest BCUT2D eigenvalue weighted by Crippen LogP contribution is 2.30. The third kappa shape index (κ3) is 3.06. The van der Waals surface area contributed by atoms with Gasteiger partial charge in [-0.05, 0) is 38.3 Å². The number of likely N-dealkylation sites (tertiary alicyclic amines) is 1. The van der Waals surface area contributed by atoms with Crippen molar-refractivity contribution in [3.8, 4) is 5.75 Å². The van der Waals surface area contributed by atoms with Crippen LogP contribution in [0.2, 0.25) is 0 Å². The summed E-state index contributed by atoms with van der Waals surface area (Å²) in [5.41, 5.74) is 3.44. The molecule has 0 radical (unpaired) electrons. The van der Waals surface area contributed by atoms with Gasteiger partial charge in [-0.15, -0.1) is 0 Å². The van der Waals surface area contributed by atoms with E-state index in [9.17, 15) is 4.79 Å². The number of anilines is 1. The van der Waals surface area contributed by atoms with Crippen LogP contribution in [0.5, 0.6) is 5.75 Å². The smallest absolute Gasteiger partial charge is 0.219 e. The summed E-state index contributed by atoms with van der Waals surface area (Å²) in [6.45, 7) is 7.46. The largest absolute Gasteiger partial charge is 0.496 e. The van der Waals surface area contributed by atoms with E-state index >= 15 is 0 Å². The fourth-order valence-electron chi connectivity index (χ4n) is 2.86. The minimum Gasteiger partial charge on any atom is -0.496 e. The summed E-state index contributed by atoms with van der Waals surface area (Å²) in [6.07, 6.45) is 1.99. The van der Waals surface area contributed by atoms with Crippen LogP contribution in [-0.2, 0) is 4.79 Å². The number of aryl methyl sites for hydroxylation is 1. The molecule has 1 amide bonds. The third-order valence-electron chi connectivity index (χ3n) is 4.11. The third-order valence-corrected chi connectivity index (χ3v) is 4.11. The van der Waals surface area contributed by atoms with Crippen molar-refractivity contribution in [1.29, 1.82) is 0 Å². The Bertz CT molecular complexity index is 491. The van der Waals surface area contributed by atoms with Crippen molar-refractivity contribution in [2.75, 3.05) is 25.5 Å². The molecule has 1 N–H and O–H groups in total. The lowest BCUT2D eigenvalue weighted by atomic mass is 10.0. The molecule has 1 saturated heterocycles. The van der Waals surface area contributed by atoms with E-state index in [4.69, 9.17) is 4.74 Å². The average molecular weight is 276 g/mol. The highest BCUT2D eigenvalue weighted by atomic mass is 16.5. The van der Waals surface area contributed by atoms with Gasteiger partial charge in [0.15, 0.2) is 0 Å². The first-order valence-corrected chi connectivity index (χ1v) is 7.19. The van der Waals surface area contributed by atoms with E-state index in [1.54, 1.807) is 14.0 Å². The van der Waals surface area contributed by atoms with Gasteiger partial charge in [-0.2, -0.15) is 0 Å². The Kier molecular flexibility index (Phi) is 4.53. The zero-order chi connectivity index (χ0) is 14.7. The summed E-state index contributed by atoms with van der Waals surface area (Å²) < 4.78 is 5.46. The van der Waals surface area contributed by atoms with E-state index in [0.717, 1.165) is 48.5 Å². The standard InChI is InChI=1S/C16H24N2O2/c1-11-5-6-15(12(2)16(11)20-4)17-14-7-9-18(10-8-14)13(3)19/h5-6,14,17H,7-10H2,1-4H3. The molecule has 0 spiro atoms. The van der Waals surface area contributed by atoms with Crippen molar-refractivity contribution in [2.24, 2.45) is 0 Å². The molecule has 0 saturated carbocycles. The Balaban J connectivity index is 2.03. The number of benzene rings is 1. The fourth-order valence-corrected chi connectivity index (χ4v) is 2.86. The molecule has 1 fully saturated rings. The lowest BCUT2D eigenvalue weighted by Gasteiger charge is -2.32. The minimum atomic E-state index is 0.177. The second kappa shape index (κ2) is 6.16. The van der Waals surface area contributed by atoms with Gasteiger partial charge >= 0.3 is 0 Å². The molecule has 1 aromatic rings. The molecule has 20 heavy (non-hydrogen) atoms. The molecule has 1 aliphatic rings. The lowest BCUT2D eigenvalue weighted by molar-refractivity contribution is -0.129. The number of nitrogens with zero attached hydrogens (tertiary/aromatic N) is 1. The zero-order valence-corrected chi connectivity index (χ0v) is 12.8. The molecule has 2 rings (SSSR count). The van der Waals surface area contributed by atoms with Crippen LogP contribution in [0.4, 0.5) is 5.69 Å². The molecule has 0 aromatic heterocycles. The Morgan fingerprint density at radius 1 is 1.30 bits per heavy atom. The molecule has 1 heterocycles. The number of carbonyl (C=O) groups excluding carboxylic acids is 1. The highest BCUT2D eigenvalue weighted by Gasteiger charge is 2.21. The zero-order valence-electron chi connectivity index (χ0n) is 12.8. The second-order valence-electron chi connectivity index (χ2n) is 5.51. The average Bonchev–Trinajstić information content (AvgIpc) is 2.43. The van der Waals surface area contributed by atoms with Crippen molar-refractivity contribution in [3.05, 3.63) is 23.3 Å². The van der Waals surface area contributed by atoms with Crippen LogP contribution in [0.3, 0.4) is 0 Å². The summed E-state index contributed by atoms with van der Waals surface area (Å²) in [7, 11) is 1.71. The number of amides is 1. The van der Waals surface area contributed by atoms with E-state index in [-0.39, 0.29) is 5.91 Å². The Morgan fingerprint density at radius 2 is 1.95 bits per heavy atom. The predicted molar refractivity (Wildman–Crippen MR) is 81.4 cm³/mol. The number of piperidine rings is 1. The molecule has 4 heteroatoms. The van der Waals surface area contributed by atoms with Crippen molar-refractivity contribution >= 4 is 11.6 Å². The maximum atomic E-state index is 11.3. The van der Waals surface area contributed by atoms with Gasteiger partial charge in [0.1, 0.15) is 5.75 Å². The molecular formula is C16H24N2O2. The van der Waals surface area contributed by atoms with Gasteiger partial charge in [0.25, 0.3) is 0 Å². The second-order valence-corrected chi connectivity index (χ2v) is 5.51. The number of nitrogens with one attached hydrogen (secondary N) is 1. The molecule has 0 bridgehead atoms. The number of ether oxygens (including phenoxy) is 1. The van der Waals surface area contributed by atoms with Gasteiger partial charge in [-0.25, -0.2) is 0 Å². The molecule has 1 aliphatic heterocycles. The first-order valence-electron chi connectivity index (χ1n) is 7.19. The minimum absolute atomic E-state index is 0.177. The van der Waals surface area contributed by atoms with E-state index in [0.29, 0.717) is 6.04 Å². The van der Waals surface area contributed by atoms with Gasteiger partial charge in [0, 0.05) is 37.3 Å². The maximum absolute atomic E-state index is 11.3. The molecule has 4 nitrogen and oxygen atoms in total. The van der Waals surface area contributed by atoms with Gasteiger partial charge in [-0.1, -0.05) is 6.07 Å². The van der Waals surface area contributed by atoms with Crippen LogP contribution >= 0.6 is 0 Å². The number of methoxy groups -OCH3 is 1. The normalized spacial score (nSPS) is 16.1. The monoisotopic (exact) mass is 276 g/mol. The van der Waals surface area contributed by atoms with Gasteiger partial charge < -0.3 is 15.0 Å². The first-order chi connectivity index (χ1) is 9.52. The fraction of sp³-hybridized carbons (Fsp3) is 0.562. The van der Waals surface area contributed by atoms with Crippen molar-refractivity contribution in [3.63, 3.8) is 0 Å². The Hall–Kier alpha value is -1.71. The molecule has 0 atom stereocenters. The van der Waals surface area contributed by atoms with Gasteiger partial charge in [-0.3, -0.25) is 4.79 Å². The Morgan fingerprint density at radius 3 is 2.50 bits per heavy atom. The summed E-state index contributed by atoms with van der Waals surface area (Å²) >= 11 is 0. The van der Waals surface area contributed by atoms with E-state index in [1.807, 2.05) is 4.90 Å². The van der Waals surface area contributed by atoms with Crippen molar-refractivity contribution < 1.29 is 9.53 Å². The first kappa shape index (κ1) is 14.7. The van der Waals surface area contributed by atoms with E-state index in [2.05, 4.69) is 31.3 Å². The van der Waals surface area contributed by atoms with Crippen LogP contribution in [0.15, 0.2) is 12.1 Å². The van der Waals surface area contributed by atoms with E-state index < -0.39 is 0 Å². The predicted octanol–water partition coefficient (Wildman–Crippen LogP) is 2.73. The van der Waals surface area contributed by atoms with Crippen LogP contribution < -0.4 is 10.1 Å². The van der Waals surface area contributed by atoms with Crippen molar-refractivity contribution in [2.45, 2.75) is 39.7 Å². The summed E-state index contributed by atoms with van der Waals surface area (Å²) in [5.74, 6) is 1.13. The van der Waals surface area contributed by atoms with Crippen LogP contribution in [0.25, 0.3) is 0 Å². The van der Waals surface area contributed by atoms with Crippen LogP contribution in [-0.4, -0.2) is 37.0 Å². The van der Waals surface area contributed by atoms with Gasteiger partial charge in [0.05, 0.1) is 7.11 Å². The van der Waals surface area contributed by atoms with Gasteiger partial charge in [0.2, 0.25) is 5.91 Å². The number of carbonyl (C=O) groups is 1. The number of rotatable bonds is 3. The quantitative estimate of drug-likeness (QED) is 0.923. The summed E-state index contributed by atoms with van der Waals surface area (Å²) in [6, 6.07) is 4.63. The van der Waals surface area contributed by atoms with Crippen LogP contribution in [0.1, 0.15) is 30.9 Å².